The first-order valence-electron chi connectivity index (χ1n) is 7.55. The van der Waals surface area contributed by atoms with E-state index < -0.39 is 0 Å². The smallest absolute Gasteiger partial charge is 0.224 e. The van der Waals surface area contributed by atoms with Gasteiger partial charge in [-0.1, -0.05) is 0 Å². The van der Waals surface area contributed by atoms with Crippen LogP contribution in [0.15, 0.2) is 0 Å². The Kier molecular flexibility index (Phi) is 4.81. The molecule has 5 nitrogen and oxygen atoms in total. The Bertz CT molecular complexity index is 472. The summed E-state index contributed by atoms with van der Waals surface area (Å²) in [5.41, 5.74) is 2.82. The van der Waals surface area contributed by atoms with Crippen LogP contribution in [-0.2, 0) is 4.79 Å². The molecule has 0 unspecified atom stereocenters. The Morgan fingerprint density at radius 3 is 2.60 bits per heavy atom. The van der Waals surface area contributed by atoms with Gasteiger partial charge in [0, 0.05) is 12.5 Å². The van der Waals surface area contributed by atoms with Crippen molar-refractivity contribution in [2.24, 2.45) is 5.92 Å². The number of aryl methyl sites for hydroxylation is 1. The van der Waals surface area contributed by atoms with Crippen molar-refractivity contribution in [2.75, 3.05) is 18.4 Å². The van der Waals surface area contributed by atoms with Gasteiger partial charge in [0.15, 0.2) is 0 Å². The number of nitrogens with zero attached hydrogens (tertiary/aromatic N) is 2. The van der Waals surface area contributed by atoms with Gasteiger partial charge in [-0.15, -0.1) is 0 Å². The fourth-order valence-electron chi connectivity index (χ4n) is 2.89. The van der Waals surface area contributed by atoms with E-state index in [1.165, 1.54) is 0 Å². The molecule has 0 saturated carbocycles. The van der Waals surface area contributed by atoms with Gasteiger partial charge >= 0.3 is 0 Å². The van der Waals surface area contributed by atoms with Gasteiger partial charge in [-0.25, -0.2) is 0 Å². The molecule has 1 saturated heterocycles. The van der Waals surface area contributed by atoms with Crippen molar-refractivity contribution >= 4 is 11.6 Å². The van der Waals surface area contributed by atoms with Gasteiger partial charge in [-0.3, -0.25) is 9.48 Å². The molecule has 1 aliphatic heterocycles. The van der Waals surface area contributed by atoms with Crippen LogP contribution in [0.5, 0.6) is 0 Å². The summed E-state index contributed by atoms with van der Waals surface area (Å²) in [6, 6.07) is 0.309. The van der Waals surface area contributed by atoms with Crippen LogP contribution in [0.25, 0.3) is 0 Å². The number of hydrogen-bond donors (Lipinski definition) is 2. The Morgan fingerprint density at radius 1 is 1.40 bits per heavy atom. The molecule has 2 N–H and O–H groups in total. The van der Waals surface area contributed by atoms with E-state index in [9.17, 15) is 4.79 Å². The molecule has 2 rings (SSSR count). The molecule has 1 fully saturated rings. The summed E-state index contributed by atoms with van der Waals surface area (Å²) in [5.74, 6) is 0.628. The number of rotatable bonds is 4. The summed E-state index contributed by atoms with van der Waals surface area (Å²) < 4.78 is 1.97. The molecular weight excluding hydrogens is 252 g/mol. The van der Waals surface area contributed by atoms with E-state index in [1.807, 2.05) is 18.5 Å². The lowest BCUT2D eigenvalue weighted by Crippen LogP contribution is -2.30. The van der Waals surface area contributed by atoms with Crippen LogP contribution < -0.4 is 10.6 Å². The average molecular weight is 278 g/mol. The van der Waals surface area contributed by atoms with E-state index >= 15 is 0 Å². The normalized spacial score (nSPS) is 16.6. The maximum Gasteiger partial charge on any atom is 0.224 e. The second kappa shape index (κ2) is 6.39. The minimum Gasteiger partial charge on any atom is -0.323 e. The number of amides is 1. The zero-order valence-electron chi connectivity index (χ0n) is 13.0. The molecule has 1 aromatic rings. The molecule has 20 heavy (non-hydrogen) atoms. The molecule has 112 valence electrons. The van der Waals surface area contributed by atoms with E-state index in [2.05, 4.69) is 29.6 Å². The first kappa shape index (κ1) is 15.0. The van der Waals surface area contributed by atoms with Gasteiger partial charge in [0.25, 0.3) is 0 Å². The highest BCUT2D eigenvalue weighted by Gasteiger charge is 2.19. The van der Waals surface area contributed by atoms with Crippen LogP contribution in [0.3, 0.4) is 0 Å². The van der Waals surface area contributed by atoms with Crippen molar-refractivity contribution in [2.45, 2.75) is 53.0 Å². The summed E-state index contributed by atoms with van der Waals surface area (Å²) in [6.07, 6.45) is 2.81. The van der Waals surface area contributed by atoms with Crippen molar-refractivity contribution in [3.8, 4) is 0 Å². The zero-order chi connectivity index (χ0) is 14.7. The molecule has 0 aliphatic carbocycles. The summed E-state index contributed by atoms with van der Waals surface area (Å²) in [5, 5.41) is 10.9. The van der Waals surface area contributed by atoms with Crippen LogP contribution in [0.4, 0.5) is 5.69 Å². The van der Waals surface area contributed by atoms with Crippen molar-refractivity contribution in [1.82, 2.24) is 15.1 Å². The van der Waals surface area contributed by atoms with Crippen LogP contribution in [0.1, 0.15) is 50.5 Å². The number of hydrogen-bond acceptors (Lipinski definition) is 3. The molecular formula is C15H26N4O. The molecule has 0 spiro atoms. The summed E-state index contributed by atoms with van der Waals surface area (Å²) in [7, 11) is 0. The number of carbonyl (C=O) groups is 1. The fourth-order valence-corrected chi connectivity index (χ4v) is 2.89. The number of piperidine rings is 1. The third-order valence-electron chi connectivity index (χ3n) is 4.01. The van der Waals surface area contributed by atoms with Gasteiger partial charge in [0.05, 0.1) is 17.1 Å². The molecule has 1 aliphatic rings. The first-order valence-corrected chi connectivity index (χ1v) is 7.55. The summed E-state index contributed by atoms with van der Waals surface area (Å²) in [6.45, 7) is 10.2. The Labute approximate surface area is 121 Å². The monoisotopic (exact) mass is 278 g/mol. The van der Waals surface area contributed by atoms with Gasteiger partial charge in [0.1, 0.15) is 0 Å². The van der Waals surface area contributed by atoms with Crippen LogP contribution in [0.2, 0.25) is 0 Å². The third-order valence-corrected chi connectivity index (χ3v) is 4.01. The highest BCUT2D eigenvalue weighted by atomic mass is 16.1. The van der Waals surface area contributed by atoms with E-state index in [0.717, 1.165) is 43.0 Å². The molecule has 0 radical (unpaired) electrons. The minimum absolute atomic E-state index is 0.117. The number of carbonyl (C=O) groups excluding carboxylic acids is 1. The molecule has 1 amide bonds. The highest BCUT2D eigenvalue weighted by Crippen LogP contribution is 2.24. The van der Waals surface area contributed by atoms with Crippen molar-refractivity contribution in [3.63, 3.8) is 0 Å². The van der Waals surface area contributed by atoms with Crippen LogP contribution in [0, 0.1) is 19.8 Å². The SMILES string of the molecule is Cc1nn(C(C)C)c(C)c1NC(=O)CC1CCNCC1. The maximum atomic E-state index is 12.2. The lowest BCUT2D eigenvalue weighted by atomic mass is 9.94. The lowest BCUT2D eigenvalue weighted by Gasteiger charge is -2.22. The van der Waals surface area contributed by atoms with E-state index in [0.29, 0.717) is 18.4 Å². The topological polar surface area (TPSA) is 59.0 Å². The molecule has 0 bridgehead atoms. The quantitative estimate of drug-likeness (QED) is 0.889. The number of anilines is 1. The highest BCUT2D eigenvalue weighted by molar-refractivity contribution is 5.92. The lowest BCUT2D eigenvalue weighted by molar-refractivity contribution is -0.117. The van der Waals surface area contributed by atoms with Crippen molar-refractivity contribution in [1.29, 1.82) is 0 Å². The predicted octanol–water partition coefficient (Wildman–Crippen LogP) is 2.41. The Morgan fingerprint density at radius 2 is 2.05 bits per heavy atom. The third kappa shape index (κ3) is 3.39. The second-order valence-electron chi connectivity index (χ2n) is 6.03. The summed E-state index contributed by atoms with van der Waals surface area (Å²) in [4.78, 5) is 12.2. The predicted molar refractivity (Wildman–Crippen MR) is 80.9 cm³/mol. The van der Waals surface area contributed by atoms with Gasteiger partial charge in [-0.2, -0.15) is 5.10 Å². The zero-order valence-corrected chi connectivity index (χ0v) is 13.0. The Balaban J connectivity index is 2.00. The van der Waals surface area contributed by atoms with Crippen molar-refractivity contribution < 1.29 is 4.79 Å². The van der Waals surface area contributed by atoms with E-state index in [4.69, 9.17) is 0 Å². The maximum absolute atomic E-state index is 12.2. The van der Waals surface area contributed by atoms with E-state index in [1.54, 1.807) is 0 Å². The standard InChI is InChI=1S/C15H26N4O/c1-10(2)19-12(4)15(11(3)18-19)17-14(20)9-13-5-7-16-8-6-13/h10,13,16H,5-9H2,1-4H3,(H,17,20). The van der Waals surface area contributed by atoms with Crippen molar-refractivity contribution in [3.05, 3.63) is 11.4 Å². The van der Waals surface area contributed by atoms with Gasteiger partial charge in [0.2, 0.25) is 5.91 Å². The van der Waals surface area contributed by atoms with Crippen LogP contribution in [-0.4, -0.2) is 28.8 Å². The molecule has 0 atom stereocenters. The van der Waals surface area contributed by atoms with E-state index in [-0.39, 0.29) is 5.91 Å². The van der Waals surface area contributed by atoms with Gasteiger partial charge < -0.3 is 10.6 Å². The molecule has 2 heterocycles. The first-order chi connectivity index (χ1) is 9.49. The molecule has 0 aromatic carbocycles. The average Bonchev–Trinajstić information content (AvgIpc) is 2.68. The number of aromatic nitrogens is 2. The second-order valence-corrected chi connectivity index (χ2v) is 6.03. The largest absolute Gasteiger partial charge is 0.323 e. The molecule has 1 aromatic heterocycles. The van der Waals surface area contributed by atoms with Gasteiger partial charge in [-0.05, 0) is 59.5 Å². The molecule has 5 heteroatoms. The minimum atomic E-state index is 0.117. The fraction of sp³-hybridized carbons (Fsp3) is 0.733. The number of nitrogens with one attached hydrogen (secondary N) is 2. The Hall–Kier alpha value is -1.36. The summed E-state index contributed by atoms with van der Waals surface area (Å²) >= 11 is 0. The van der Waals surface area contributed by atoms with Crippen LogP contribution >= 0.6 is 0 Å².